The SMILES string of the molecule is CC(C)(C)OC(=O)n1ccc2cc3c(cc21)CCOc1c-3nc(OCc2ccccc2)c(C(=O)OCc2ccccc2)c1OCc1ccccc1. The highest BCUT2D eigenvalue weighted by molar-refractivity contribution is 5.99. The maximum atomic E-state index is 14.1. The Bertz CT molecular complexity index is 2170. The summed E-state index contributed by atoms with van der Waals surface area (Å²) in [6, 6.07) is 34.6. The van der Waals surface area contributed by atoms with Crippen molar-refractivity contribution in [3.8, 4) is 28.6 Å². The smallest absolute Gasteiger partial charge is 0.418 e. The molecular formula is C42H38N2O7. The molecule has 0 amide bonds. The van der Waals surface area contributed by atoms with E-state index >= 15 is 0 Å². The third-order valence-corrected chi connectivity index (χ3v) is 8.32. The van der Waals surface area contributed by atoms with Crippen molar-refractivity contribution in [2.75, 3.05) is 6.61 Å². The van der Waals surface area contributed by atoms with E-state index < -0.39 is 17.7 Å². The summed E-state index contributed by atoms with van der Waals surface area (Å²) >= 11 is 0. The van der Waals surface area contributed by atoms with Gasteiger partial charge in [0, 0.05) is 23.6 Å². The molecule has 0 bridgehead atoms. The average molecular weight is 683 g/mol. The van der Waals surface area contributed by atoms with Gasteiger partial charge < -0.3 is 23.7 Å². The van der Waals surface area contributed by atoms with Gasteiger partial charge in [-0.05, 0) is 61.2 Å². The van der Waals surface area contributed by atoms with Crippen LogP contribution >= 0.6 is 0 Å². The fourth-order valence-electron chi connectivity index (χ4n) is 5.90. The molecule has 4 aromatic carbocycles. The second-order valence-corrected chi connectivity index (χ2v) is 13.2. The van der Waals surface area contributed by atoms with E-state index in [-0.39, 0.29) is 43.6 Å². The zero-order chi connectivity index (χ0) is 35.4. The van der Waals surface area contributed by atoms with E-state index in [4.69, 9.17) is 28.7 Å². The highest BCUT2D eigenvalue weighted by atomic mass is 16.6. The van der Waals surface area contributed by atoms with Crippen LogP contribution in [0.2, 0.25) is 0 Å². The Hall–Kier alpha value is -6.09. The van der Waals surface area contributed by atoms with Crippen molar-refractivity contribution >= 4 is 23.0 Å². The Labute approximate surface area is 296 Å². The molecule has 0 fully saturated rings. The predicted molar refractivity (Wildman–Crippen MR) is 193 cm³/mol. The topological polar surface area (TPSA) is 98.1 Å². The molecule has 3 heterocycles. The third-order valence-electron chi connectivity index (χ3n) is 8.32. The van der Waals surface area contributed by atoms with Crippen molar-refractivity contribution in [3.05, 3.63) is 143 Å². The standard InChI is InChI=1S/C42H38N2O7/c1-42(2,3)51-41(46)44-21-19-32-23-33-31(24-34(32)44)20-22-47-38-36(33)43-39(49-26-29-15-9-5-10-16-29)35(37(38)48-25-28-13-7-4-8-14-28)40(45)50-27-30-17-11-6-12-18-30/h4-19,21,23-24H,20,22,25-27H2,1-3H3. The van der Waals surface area contributed by atoms with Crippen LogP contribution in [0.1, 0.15) is 53.4 Å². The maximum Gasteiger partial charge on any atom is 0.418 e. The lowest BCUT2D eigenvalue weighted by Crippen LogP contribution is -2.26. The number of fused-ring (bicyclic) bond motifs is 4. The quantitative estimate of drug-likeness (QED) is 0.140. The van der Waals surface area contributed by atoms with Gasteiger partial charge in [0.15, 0.2) is 17.1 Å². The molecule has 7 rings (SSSR count). The number of hydrogen-bond donors (Lipinski definition) is 0. The van der Waals surface area contributed by atoms with E-state index in [0.29, 0.717) is 23.4 Å². The number of nitrogens with zero attached hydrogens (tertiary/aromatic N) is 2. The largest absolute Gasteiger partial charge is 0.487 e. The summed E-state index contributed by atoms with van der Waals surface area (Å²) in [4.78, 5) is 32.2. The molecule has 6 aromatic rings. The predicted octanol–water partition coefficient (Wildman–Crippen LogP) is 8.94. The minimum atomic E-state index is -0.654. The van der Waals surface area contributed by atoms with E-state index in [1.807, 2.05) is 130 Å². The van der Waals surface area contributed by atoms with Gasteiger partial charge in [-0.25, -0.2) is 14.6 Å². The van der Waals surface area contributed by atoms with E-state index in [1.165, 1.54) is 4.57 Å². The number of benzene rings is 4. The fraction of sp³-hybridized carbons (Fsp3) is 0.214. The molecule has 258 valence electrons. The van der Waals surface area contributed by atoms with E-state index in [9.17, 15) is 9.59 Å². The monoisotopic (exact) mass is 682 g/mol. The summed E-state index contributed by atoms with van der Waals surface area (Å²) in [5, 5.41) is 0.805. The molecule has 9 heteroatoms. The van der Waals surface area contributed by atoms with Gasteiger partial charge in [-0.1, -0.05) is 91.0 Å². The highest BCUT2D eigenvalue weighted by Crippen LogP contribution is 2.47. The molecule has 1 aliphatic rings. The second-order valence-electron chi connectivity index (χ2n) is 13.2. The third kappa shape index (κ3) is 7.57. The fourth-order valence-corrected chi connectivity index (χ4v) is 5.90. The number of hydrogen-bond acceptors (Lipinski definition) is 8. The number of esters is 1. The van der Waals surface area contributed by atoms with Crippen molar-refractivity contribution in [3.63, 3.8) is 0 Å². The van der Waals surface area contributed by atoms with E-state index in [0.717, 1.165) is 33.2 Å². The first-order valence-electron chi connectivity index (χ1n) is 16.9. The van der Waals surface area contributed by atoms with Crippen molar-refractivity contribution in [2.24, 2.45) is 0 Å². The van der Waals surface area contributed by atoms with Gasteiger partial charge in [0.2, 0.25) is 5.88 Å². The van der Waals surface area contributed by atoms with Gasteiger partial charge in [-0.15, -0.1) is 0 Å². The summed E-state index contributed by atoms with van der Waals surface area (Å²) in [5.41, 5.74) is 4.85. The zero-order valence-corrected chi connectivity index (χ0v) is 28.8. The molecule has 0 spiro atoms. The molecule has 0 saturated heterocycles. The normalized spacial score (nSPS) is 12.2. The Morgan fingerprint density at radius 2 is 1.39 bits per heavy atom. The first kappa shape index (κ1) is 33.4. The molecule has 1 aliphatic heterocycles. The molecule has 51 heavy (non-hydrogen) atoms. The lowest BCUT2D eigenvalue weighted by Gasteiger charge is -2.21. The molecule has 9 nitrogen and oxygen atoms in total. The van der Waals surface area contributed by atoms with Crippen molar-refractivity contribution in [2.45, 2.75) is 52.6 Å². The van der Waals surface area contributed by atoms with Crippen LogP contribution in [0.4, 0.5) is 4.79 Å². The molecule has 0 atom stereocenters. The molecule has 0 unspecified atom stereocenters. The van der Waals surface area contributed by atoms with Crippen LogP contribution in [-0.2, 0) is 35.7 Å². The number of aromatic nitrogens is 2. The first-order chi connectivity index (χ1) is 24.7. The van der Waals surface area contributed by atoms with Crippen molar-refractivity contribution in [1.29, 1.82) is 0 Å². The van der Waals surface area contributed by atoms with Crippen LogP contribution in [0.5, 0.6) is 17.4 Å². The lowest BCUT2D eigenvalue weighted by molar-refractivity contribution is 0.0458. The minimum absolute atomic E-state index is 0.0390. The van der Waals surface area contributed by atoms with Crippen LogP contribution < -0.4 is 14.2 Å². The molecular weight excluding hydrogens is 644 g/mol. The zero-order valence-electron chi connectivity index (χ0n) is 28.8. The van der Waals surface area contributed by atoms with Gasteiger partial charge in [-0.3, -0.25) is 4.57 Å². The highest BCUT2D eigenvalue weighted by Gasteiger charge is 2.33. The molecule has 0 aliphatic carbocycles. The molecule has 0 saturated carbocycles. The summed E-state index contributed by atoms with van der Waals surface area (Å²) in [7, 11) is 0. The second kappa shape index (κ2) is 14.4. The number of pyridine rings is 1. The Balaban J connectivity index is 1.37. The van der Waals surface area contributed by atoms with Gasteiger partial charge in [0.25, 0.3) is 0 Å². The van der Waals surface area contributed by atoms with Crippen LogP contribution in [0.15, 0.2) is 115 Å². The summed E-state index contributed by atoms with van der Waals surface area (Å²) in [5.74, 6) is -0.0987. The number of rotatable bonds is 9. The Morgan fingerprint density at radius 3 is 2.02 bits per heavy atom. The Kier molecular flexibility index (Phi) is 9.44. The molecule has 0 radical (unpaired) electrons. The van der Waals surface area contributed by atoms with E-state index in [1.54, 1.807) is 6.20 Å². The Morgan fingerprint density at radius 1 is 0.784 bits per heavy atom. The van der Waals surface area contributed by atoms with Crippen LogP contribution in [0, 0.1) is 0 Å². The number of ether oxygens (including phenoxy) is 5. The van der Waals surface area contributed by atoms with Crippen molar-refractivity contribution in [1.82, 2.24) is 9.55 Å². The van der Waals surface area contributed by atoms with Gasteiger partial charge in [0.05, 0.1) is 12.1 Å². The average Bonchev–Trinajstić information content (AvgIpc) is 3.47. The maximum absolute atomic E-state index is 14.1. The van der Waals surface area contributed by atoms with Crippen LogP contribution in [-0.4, -0.2) is 33.8 Å². The first-order valence-corrected chi connectivity index (χ1v) is 16.9. The number of carbonyl (C=O) groups excluding carboxylic acids is 2. The minimum Gasteiger partial charge on any atom is -0.487 e. The lowest BCUT2D eigenvalue weighted by atomic mass is 9.99. The summed E-state index contributed by atoms with van der Waals surface area (Å²) < 4.78 is 32.3. The van der Waals surface area contributed by atoms with Gasteiger partial charge in [0.1, 0.15) is 31.1 Å². The molecule has 2 aromatic heterocycles. The van der Waals surface area contributed by atoms with Gasteiger partial charge >= 0.3 is 12.1 Å². The summed E-state index contributed by atoms with van der Waals surface area (Å²) in [6.45, 7) is 6.13. The van der Waals surface area contributed by atoms with E-state index in [2.05, 4.69) is 0 Å². The summed E-state index contributed by atoms with van der Waals surface area (Å²) in [6.07, 6.45) is 1.75. The van der Waals surface area contributed by atoms with Crippen molar-refractivity contribution < 1.29 is 33.3 Å². The van der Waals surface area contributed by atoms with Crippen LogP contribution in [0.3, 0.4) is 0 Å². The number of carbonyl (C=O) groups is 2. The van der Waals surface area contributed by atoms with Crippen LogP contribution in [0.25, 0.3) is 22.2 Å². The van der Waals surface area contributed by atoms with Gasteiger partial charge in [-0.2, -0.15) is 0 Å². The molecule has 0 N–H and O–H groups in total.